The Hall–Kier alpha value is -1.76. The molecule has 1 saturated heterocycles. The Balaban J connectivity index is 1.62. The van der Waals surface area contributed by atoms with Gasteiger partial charge in [0.05, 0.1) is 25.2 Å². The third-order valence-corrected chi connectivity index (χ3v) is 6.47. The van der Waals surface area contributed by atoms with Crippen LogP contribution in [0.4, 0.5) is 13.2 Å². The minimum absolute atomic E-state index is 0.0164. The van der Waals surface area contributed by atoms with Crippen LogP contribution in [0.15, 0.2) is 18.2 Å². The number of carbonyl (C=O) groups excluding carboxylic acids is 1. The lowest BCUT2D eigenvalue weighted by Gasteiger charge is -2.54. The molecule has 0 unspecified atom stereocenters. The molecule has 156 valence electrons. The highest BCUT2D eigenvalue weighted by Gasteiger charge is 2.48. The highest BCUT2D eigenvalue weighted by molar-refractivity contribution is 5.80. The molecule has 1 aromatic rings. The second-order valence-corrected chi connectivity index (χ2v) is 8.21. The van der Waals surface area contributed by atoms with Crippen LogP contribution in [0.2, 0.25) is 0 Å². The lowest BCUT2D eigenvalue weighted by atomic mass is 9.64. The molecule has 1 spiro atoms. The molecule has 1 saturated carbocycles. The maximum absolute atomic E-state index is 13.3. The Labute approximate surface area is 163 Å². The Morgan fingerprint density at radius 1 is 1.32 bits per heavy atom. The van der Waals surface area contributed by atoms with E-state index in [1.807, 2.05) is 11.8 Å². The van der Waals surface area contributed by atoms with Crippen molar-refractivity contribution >= 4 is 5.91 Å². The van der Waals surface area contributed by atoms with Gasteiger partial charge in [-0.2, -0.15) is 13.2 Å². The number of benzene rings is 1. The van der Waals surface area contributed by atoms with Crippen molar-refractivity contribution in [2.24, 2.45) is 11.3 Å². The fourth-order valence-corrected chi connectivity index (χ4v) is 4.64. The summed E-state index contributed by atoms with van der Waals surface area (Å²) in [7, 11) is 1.25. The summed E-state index contributed by atoms with van der Waals surface area (Å²) in [5.74, 6) is -0.356. The number of aliphatic hydroxyl groups excluding tert-OH is 1. The van der Waals surface area contributed by atoms with E-state index in [2.05, 4.69) is 0 Å². The van der Waals surface area contributed by atoms with E-state index in [9.17, 15) is 23.1 Å². The average Bonchev–Trinajstić information content (AvgIpc) is 2.66. The number of hydrogen-bond donors (Lipinski definition) is 1. The van der Waals surface area contributed by atoms with Gasteiger partial charge < -0.3 is 14.7 Å². The molecule has 28 heavy (non-hydrogen) atoms. The molecule has 0 bridgehead atoms. The van der Waals surface area contributed by atoms with Gasteiger partial charge in [0.25, 0.3) is 0 Å². The standard InChI is InChI=1S/C21H28F3NO3/c1-3-14(11-26)19(27)25-12-20(13-25)8-6-15(7-9-20)16-4-5-18(28-2)17(10-16)21(22,23)24/h4-5,10,14-15,26H,3,6-9,11-13H2,1-2H3/t14-/m1/s1. The first kappa shape index (κ1) is 21.0. The molecule has 3 rings (SSSR count). The molecule has 1 N–H and O–H groups in total. The largest absolute Gasteiger partial charge is 0.496 e. The van der Waals surface area contributed by atoms with Gasteiger partial charge in [-0.3, -0.25) is 4.79 Å². The van der Waals surface area contributed by atoms with E-state index < -0.39 is 11.7 Å². The van der Waals surface area contributed by atoms with Gasteiger partial charge in [-0.05, 0) is 55.7 Å². The highest BCUT2D eigenvalue weighted by Crippen LogP contribution is 2.49. The van der Waals surface area contributed by atoms with E-state index in [0.29, 0.717) is 25.1 Å². The Morgan fingerprint density at radius 3 is 2.46 bits per heavy atom. The molecule has 2 aliphatic rings. The first-order valence-electron chi connectivity index (χ1n) is 9.88. The number of aliphatic hydroxyl groups is 1. The first-order chi connectivity index (χ1) is 13.2. The molecule has 1 atom stereocenters. The fraction of sp³-hybridized carbons (Fsp3) is 0.667. The van der Waals surface area contributed by atoms with Crippen molar-refractivity contribution in [3.63, 3.8) is 0 Å². The van der Waals surface area contributed by atoms with Gasteiger partial charge in [-0.15, -0.1) is 0 Å². The lowest BCUT2D eigenvalue weighted by Crippen LogP contribution is -2.60. The van der Waals surface area contributed by atoms with Crippen molar-refractivity contribution in [1.29, 1.82) is 0 Å². The minimum Gasteiger partial charge on any atom is -0.496 e. The predicted molar refractivity (Wildman–Crippen MR) is 99.1 cm³/mol. The van der Waals surface area contributed by atoms with Crippen LogP contribution >= 0.6 is 0 Å². The number of rotatable bonds is 5. The highest BCUT2D eigenvalue weighted by atomic mass is 19.4. The summed E-state index contributed by atoms with van der Waals surface area (Å²) in [5.41, 5.74) is 0.0866. The van der Waals surface area contributed by atoms with E-state index in [0.717, 1.165) is 25.7 Å². The smallest absolute Gasteiger partial charge is 0.419 e. The SMILES string of the molecule is CC[C@H](CO)C(=O)N1CC2(CCC(c3ccc(OC)c(C(F)(F)F)c3)CC2)C1. The Kier molecular flexibility index (Phi) is 5.94. The molecule has 0 radical (unpaired) electrons. The van der Waals surface area contributed by atoms with Crippen molar-refractivity contribution in [2.45, 2.75) is 51.1 Å². The number of amides is 1. The summed E-state index contributed by atoms with van der Waals surface area (Å²) in [5, 5.41) is 9.31. The van der Waals surface area contributed by atoms with E-state index >= 15 is 0 Å². The zero-order valence-corrected chi connectivity index (χ0v) is 16.4. The molecular weight excluding hydrogens is 371 g/mol. The van der Waals surface area contributed by atoms with E-state index in [1.54, 1.807) is 6.07 Å². The van der Waals surface area contributed by atoms with Gasteiger partial charge in [0, 0.05) is 18.5 Å². The molecule has 1 aliphatic heterocycles. The van der Waals surface area contributed by atoms with Crippen LogP contribution < -0.4 is 4.74 Å². The molecule has 1 aliphatic carbocycles. The predicted octanol–water partition coefficient (Wildman–Crippen LogP) is 4.22. The summed E-state index contributed by atoms with van der Waals surface area (Å²) < 4.78 is 44.7. The van der Waals surface area contributed by atoms with Crippen LogP contribution in [-0.4, -0.2) is 42.7 Å². The second-order valence-electron chi connectivity index (χ2n) is 8.21. The normalized spacial score (nSPS) is 20.7. The van der Waals surface area contributed by atoms with Crippen molar-refractivity contribution in [1.82, 2.24) is 4.90 Å². The van der Waals surface area contributed by atoms with Gasteiger partial charge in [0.1, 0.15) is 5.75 Å². The number of alkyl halides is 3. The summed E-state index contributed by atoms with van der Waals surface area (Å²) in [6.45, 7) is 3.17. The lowest BCUT2D eigenvalue weighted by molar-refractivity contribution is -0.151. The van der Waals surface area contributed by atoms with Crippen LogP contribution in [0.25, 0.3) is 0 Å². The first-order valence-corrected chi connectivity index (χ1v) is 9.88. The number of ether oxygens (including phenoxy) is 1. The van der Waals surface area contributed by atoms with Crippen LogP contribution in [0.3, 0.4) is 0 Å². The number of halogens is 3. The zero-order chi connectivity index (χ0) is 20.5. The second kappa shape index (κ2) is 7.93. The van der Waals surface area contributed by atoms with E-state index in [-0.39, 0.29) is 35.5 Å². The van der Waals surface area contributed by atoms with Crippen LogP contribution in [0.5, 0.6) is 5.75 Å². The van der Waals surface area contributed by atoms with E-state index in [1.165, 1.54) is 19.2 Å². The summed E-state index contributed by atoms with van der Waals surface area (Å²) >= 11 is 0. The van der Waals surface area contributed by atoms with Crippen LogP contribution in [0, 0.1) is 11.3 Å². The van der Waals surface area contributed by atoms with Crippen LogP contribution in [0.1, 0.15) is 56.1 Å². The van der Waals surface area contributed by atoms with E-state index in [4.69, 9.17) is 4.74 Å². The molecule has 2 fully saturated rings. The van der Waals surface area contributed by atoms with Gasteiger partial charge in [-0.25, -0.2) is 0 Å². The van der Waals surface area contributed by atoms with Crippen molar-refractivity contribution in [3.8, 4) is 5.75 Å². The van der Waals surface area contributed by atoms with Gasteiger partial charge in [-0.1, -0.05) is 13.0 Å². The molecule has 1 amide bonds. The van der Waals surface area contributed by atoms with Gasteiger partial charge in [0.2, 0.25) is 5.91 Å². The molecule has 4 nitrogen and oxygen atoms in total. The maximum Gasteiger partial charge on any atom is 0.419 e. The van der Waals surface area contributed by atoms with Gasteiger partial charge in [0.15, 0.2) is 0 Å². The van der Waals surface area contributed by atoms with Gasteiger partial charge >= 0.3 is 6.18 Å². The van der Waals surface area contributed by atoms with Crippen molar-refractivity contribution in [3.05, 3.63) is 29.3 Å². The number of methoxy groups -OCH3 is 1. The Bertz CT molecular complexity index is 699. The zero-order valence-electron chi connectivity index (χ0n) is 16.4. The number of likely N-dealkylation sites (tertiary alicyclic amines) is 1. The quantitative estimate of drug-likeness (QED) is 0.807. The molecular formula is C21H28F3NO3. The Morgan fingerprint density at radius 2 is 1.96 bits per heavy atom. The fourth-order valence-electron chi connectivity index (χ4n) is 4.64. The molecule has 7 heteroatoms. The topological polar surface area (TPSA) is 49.8 Å². The maximum atomic E-state index is 13.3. The number of nitrogens with zero attached hydrogens (tertiary/aromatic N) is 1. The third kappa shape index (κ3) is 4.00. The average molecular weight is 399 g/mol. The van der Waals surface area contributed by atoms with Crippen molar-refractivity contribution in [2.75, 3.05) is 26.8 Å². The van der Waals surface area contributed by atoms with Crippen LogP contribution in [-0.2, 0) is 11.0 Å². The molecule has 0 aromatic heterocycles. The monoisotopic (exact) mass is 399 g/mol. The number of carbonyl (C=O) groups is 1. The summed E-state index contributed by atoms with van der Waals surface area (Å²) in [6, 6.07) is 4.37. The van der Waals surface area contributed by atoms with Crippen molar-refractivity contribution < 1.29 is 27.8 Å². The molecule has 1 aromatic carbocycles. The molecule has 1 heterocycles. The third-order valence-electron chi connectivity index (χ3n) is 6.47. The number of hydrogen-bond acceptors (Lipinski definition) is 3. The summed E-state index contributed by atoms with van der Waals surface area (Å²) in [4.78, 5) is 14.2. The summed E-state index contributed by atoms with van der Waals surface area (Å²) in [6.07, 6.45) is -0.351. The minimum atomic E-state index is -4.44.